The first-order valence-corrected chi connectivity index (χ1v) is 9.19. The number of benzene rings is 2. The van der Waals surface area contributed by atoms with Crippen molar-refractivity contribution in [3.05, 3.63) is 40.9 Å². The molecular weight excluding hydrogens is 384 g/mol. The number of nitrogens with one attached hydrogen (secondary N) is 1. The van der Waals surface area contributed by atoms with Gasteiger partial charge in [-0.05, 0) is 24.3 Å². The van der Waals surface area contributed by atoms with E-state index in [4.69, 9.17) is 30.5 Å². The molecule has 2 aromatic carbocycles. The number of anilines is 2. The minimum absolute atomic E-state index is 0.309. The smallest absolute Gasteiger partial charge is 0.255 e. The second-order valence-electron chi connectivity index (χ2n) is 6.10. The second kappa shape index (κ2) is 9.03. The van der Waals surface area contributed by atoms with Gasteiger partial charge in [0.15, 0.2) is 11.5 Å². The van der Waals surface area contributed by atoms with E-state index < -0.39 is 0 Å². The van der Waals surface area contributed by atoms with Gasteiger partial charge in [0.05, 0.1) is 50.9 Å². The maximum Gasteiger partial charge on any atom is 0.255 e. The first-order chi connectivity index (χ1) is 13.6. The molecule has 0 aromatic heterocycles. The molecule has 1 N–H and O–H groups in total. The van der Waals surface area contributed by atoms with Gasteiger partial charge in [-0.15, -0.1) is 0 Å². The highest BCUT2D eigenvalue weighted by Crippen LogP contribution is 2.39. The summed E-state index contributed by atoms with van der Waals surface area (Å²) in [4.78, 5) is 15.1. The SMILES string of the molecule is COc1cc(C(=O)Nc2cccc(Cl)c2N2CCOCC2)cc(OC)c1OC. The number of carbonyl (C=O) groups excluding carboxylic acids is 1. The number of halogens is 1. The second-order valence-corrected chi connectivity index (χ2v) is 6.51. The van der Waals surface area contributed by atoms with E-state index in [1.807, 2.05) is 6.07 Å². The summed E-state index contributed by atoms with van der Waals surface area (Å²) < 4.78 is 21.4. The standard InChI is InChI=1S/C20H23ClN2O5/c1-25-16-11-13(12-17(26-2)19(16)27-3)20(24)22-15-6-4-5-14(21)18(15)23-7-9-28-10-8-23/h4-6,11-12H,7-10H2,1-3H3,(H,22,24). The van der Waals surface area contributed by atoms with Gasteiger partial charge in [-0.25, -0.2) is 0 Å². The zero-order chi connectivity index (χ0) is 20.1. The number of rotatable bonds is 6. The van der Waals surface area contributed by atoms with Gasteiger partial charge in [-0.2, -0.15) is 0 Å². The first kappa shape index (κ1) is 20.1. The van der Waals surface area contributed by atoms with E-state index in [0.717, 1.165) is 5.69 Å². The first-order valence-electron chi connectivity index (χ1n) is 8.81. The Kier molecular flexibility index (Phi) is 6.49. The number of hydrogen-bond acceptors (Lipinski definition) is 6. The van der Waals surface area contributed by atoms with E-state index in [9.17, 15) is 4.79 Å². The lowest BCUT2D eigenvalue weighted by Gasteiger charge is -2.31. The fourth-order valence-corrected chi connectivity index (χ4v) is 3.43. The lowest BCUT2D eigenvalue weighted by molar-refractivity contribution is 0.102. The average molecular weight is 407 g/mol. The molecule has 0 unspecified atom stereocenters. The Balaban J connectivity index is 1.92. The van der Waals surface area contributed by atoms with E-state index in [1.54, 1.807) is 24.3 Å². The summed E-state index contributed by atoms with van der Waals surface area (Å²) in [5.41, 5.74) is 1.80. The van der Waals surface area contributed by atoms with Crippen molar-refractivity contribution in [3.63, 3.8) is 0 Å². The largest absolute Gasteiger partial charge is 0.493 e. The van der Waals surface area contributed by atoms with Crippen LogP contribution in [0.15, 0.2) is 30.3 Å². The highest BCUT2D eigenvalue weighted by atomic mass is 35.5. The van der Waals surface area contributed by atoms with Crippen molar-refractivity contribution < 1.29 is 23.7 Å². The molecule has 1 heterocycles. The fraction of sp³-hybridized carbons (Fsp3) is 0.350. The third-order valence-electron chi connectivity index (χ3n) is 4.49. The van der Waals surface area contributed by atoms with Crippen molar-refractivity contribution in [1.29, 1.82) is 0 Å². The molecule has 0 aliphatic carbocycles. The lowest BCUT2D eigenvalue weighted by atomic mass is 10.1. The molecule has 28 heavy (non-hydrogen) atoms. The molecule has 2 aromatic rings. The topological polar surface area (TPSA) is 69.3 Å². The van der Waals surface area contributed by atoms with Crippen LogP contribution in [0.1, 0.15) is 10.4 Å². The van der Waals surface area contributed by atoms with Gasteiger partial charge in [0.2, 0.25) is 5.75 Å². The number of hydrogen-bond donors (Lipinski definition) is 1. The Morgan fingerprint density at radius 1 is 1.07 bits per heavy atom. The number of carbonyl (C=O) groups is 1. The number of methoxy groups -OCH3 is 3. The number of ether oxygens (including phenoxy) is 4. The molecule has 0 atom stereocenters. The molecule has 1 aliphatic heterocycles. The van der Waals surface area contributed by atoms with E-state index in [1.165, 1.54) is 21.3 Å². The molecule has 3 rings (SSSR count). The Morgan fingerprint density at radius 3 is 2.29 bits per heavy atom. The minimum Gasteiger partial charge on any atom is -0.493 e. The summed E-state index contributed by atoms with van der Waals surface area (Å²) >= 11 is 6.44. The summed E-state index contributed by atoms with van der Waals surface area (Å²) in [5, 5.41) is 3.52. The molecule has 0 bridgehead atoms. The third-order valence-corrected chi connectivity index (χ3v) is 4.79. The van der Waals surface area contributed by atoms with Gasteiger partial charge in [0.1, 0.15) is 0 Å². The molecule has 1 fully saturated rings. The minimum atomic E-state index is -0.309. The fourth-order valence-electron chi connectivity index (χ4n) is 3.13. The Bertz CT molecular complexity index is 827. The van der Waals surface area contributed by atoms with E-state index >= 15 is 0 Å². The normalized spacial score (nSPS) is 13.8. The summed E-state index contributed by atoms with van der Waals surface area (Å²) in [5.74, 6) is 0.937. The maximum atomic E-state index is 12.9. The summed E-state index contributed by atoms with van der Waals surface area (Å²) in [6.07, 6.45) is 0. The van der Waals surface area contributed by atoms with Gasteiger partial charge in [0, 0.05) is 18.7 Å². The van der Waals surface area contributed by atoms with Gasteiger partial charge in [0.25, 0.3) is 5.91 Å². The van der Waals surface area contributed by atoms with Crippen molar-refractivity contribution in [2.24, 2.45) is 0 Å². The van der Waals surface area contributed by atoms with Gasteiger partial charge >= 0.3 is 0 Å². The van der Waals surface area contributed by atoms with Crippen LogP contribution < -0.4 is 24.4 Å². The van der Waals surface area contributed by atoms with Crippen molar-refractivity contribution in [1.82, 2.24) is 0 Å². The molecule has 1 saturated heterocycles. The summed E-state index contributed by atoms with van der Waals surface area (Å²) in [6, 6.07) is 8.65. The molecule has 0 radical (unpaired) electrons. The number of nitrogens with zero attached hydrogens (tertiary/aromatic N) is 1. The predicted molar refractivity (Wildman–Crippen MR) is 109 cm³/mol. The number of morpholine rings is 1. The van der Waals surface area contributed by atoms with E-state index in [2.05, 4.69) is 10.2 Å². The van der Waals surface area contributed by atoms with Crippen LogP contribution in [0.3, 0.4) is 0 Å². The molecule has 0 saturated carbocycles. The molecular formula is C20H23ClN2O5. The van der Waals surface area contributed by atoms with Gasteiger partial charge in [-0.3, -0.25) is 4.79 Å². The van der Waals surface area contributed by atoms with Crippen LogP contribution in [0, 0.1) is 0 Å². The molecule has 8 heteroatoms. The van der Waals surface area contributed by atoms with Crippen LogP contribution in [0.25, 0.3) is 0 Å². The van der Waals surface area contributed by atoms with Crippen LogP contribution in [0.5, 0.6) is 17.2 Å². The molecule has 1 aliphatic rings. The van der Waals surface area contributed by atoms with Gasteiger partial charge in [-0.1, -0.05) is 17.7 Å². The lowest BCUT2D eigenvalue weighted by Crippen LogP contribution is -2.37. The zero-order valence-corrected chi connectivity index (χ0v) is 16.8. The highest BCUT2D eigenvalue weighted by Gasteiger charge is 2.21. The zero-order valence-electron chi connectivity index (χ0n) is 16.1. The summed E-state index contributed by atoms with van der Waals surface area (Å²) in [6.45, 7) is 2.64. The summed E-state index contributed by atoms with van der Waals surface area (Å²) in [7, 11) is 4.53. The van der Waals surface area contributed by atoms with Crippen LogP contribution >= 0.6 is 11.6 Å². The van der Waals surface area contributed by atoms with E-state index in [-0.39, 0.29) is 5.91 Å². The number of amides is 1. The Hall–Kier alpha value is -2.64. The van der Waals surface area contributed by atoms with Crippen LogP contribution in [-0.2, 0) is 4.74 Å². The third kappa shape index (κ3) is 4.10. The highest BCUT2D eigenvalue weighted by molar-refractivity contribution is 6.34. The quantitative estimate of drug-likeness (QED) is 0.792. The predicted octanol–water partition coefficient (Wildman–Crippen LogP) is 3.45. The van der Waals surface area contributed by atoms with Crippen molar-refractivity contribution in [2.75, 3.05) is 57.8 Å². The van der Waals surface area contributed by atoms with Crippen molar-refractivity contribution in [2.45, 2.75) is 0 Å². The monoisotopic (exact) mass is 406 g/mol. The van der Waals surface area contributed by atoms with Crippen molar-refractivity contribution >= 4 is 28.9 Å². The van der Waals surface area contributed by atoms with E-state index in [0.29, 0.717) is 59.8 Å². The average Bonchev–Trinajstić information content (AvgIpc) is 2.73. The van der Waals surface area contributed by atoms with Gasteiger partial charge < -0.3 is 29.2 Å². The molecule has 0 spiro atoms. The van der Waals surface area contributed by atoms with Crippen LogP contribution in [0.4, 0.5) is 11.4 Å². The maximum absolute atomic E-state index is 12.9. The van der Waals surface area contributed by atoms with Crippen LogP contribution in [0.2, 0.25) is 5.02 Å². The molecule has 1 amide bonds. The Labute approximate surface area is 169 Å². The Morgan fingerprint density at radius 2 is 1.71 bits per heavy atom. The van der Waals surface area contributed by atoms with Crippen molar-refractivity contribution in [3.8, 4) is 17.2 Å². The molecule has 7 nitrogen and oxygen atoms in total. The number of para-hydroxylation sites is 1. The molecule has 150 valence electrons. The van der Waals surface area contributed by atoms with Crippen LogP contribution in [-0.4, -0.2) is 53.5 Å².